The Hall–Kier alpha value is -2.52. The van der Waals surface area contributed by atoms with Crippen LogP contribution in [0.4, 0.5) is 0 Å². The van der Waals surface area contributed by atoms with Gasteiger partial charge in [-0.3, -0.25) is 0 Å². The molecule has 2 aromatic carbocycles. The van der Waals surface area contributed by atoms with E-state index in [-0.39, 0.29) is 6.61 Å². The Morgan fingerprint density at radius 3 is 2.57 bits per heavy atom. The molecule has 0 aliphatic heterocycles. The van der Waals surface area contributed by atoms with Crippen molar-refractivity contribution in [2.75, 3.05) is 14.2 Å². The van der Waals surface area contributed by atoms with Gasteiger partial charge in [0.05, 0.1) is 32.1 Å². The summed E-state index contributed by atoms with van der Waals surface area (Å²) in [4.78, 5) is 5.28. The number of nitriles is 1. The Labute approximate surface area is 143 Å². The maximum atomic E-state index is 9.02. The lowest BCUT2D eigenvalue weighted by atomic mass is 10.1. The van der Waals surface area contributed by atoms with E-state index in [0.717, 1.165) is 15.6 Å². The standard InChI is InChI=1S/C17H15BrN2O3/c1-21-16-7-14(15(18)8-17(16)22-2)10-20-23-11-13-6-4-3-5-12(13)9-19/h3-8,10H,11H2,1-2H3/b20-10-. The predicted octanol–water partition coefficient (Wildman–Crippen LogP) is 3.89. The number of oxime groups is 1. The van der Waals surface area contributed by atoms with Crippen molar-refractivity contribution < 1.29 is 14.3 Å². The van der Waals surface area contributed by atoms with Crippen molar-refractivity contribution in [3.63, 3.8) is 0 Å². The van der Waals surface area contributed by atoms with E-state index in [1.165, 1.54) is 0 Å². The average Bonchev–Trinajstić information content (AvgIpc) is 2.59. The lowest BCUT2D eigenvalue weighted by Gasteiger charge is -2.09. The van der Waals surface area contributed by atoms with Gasteiger partial charge in [-0.25, -0.2) is 0 Å². The summed E-state index contributed by atoms with van der Waals surface area (Å²) < 4.78 is 11.3. The minimum atomic E-state index is 0.227. The van der Waals surface area contributed by atoms with Crippen LogP contribution in [0.15, 0.2) is 46.0 Å². The van der Waals surface area contributed by atoms with Crippen molar-refractivity contribution in [2.24, 2.45) is 5.16 Å². The van der Waals surface area contributed by atoms with Crippen LogP contribution in [0.25, 0.3) is 0 Å². The second-order valence-corrected chi connectivity index (χ2v) is 5.36. The summed E-state index contributed by atoms with van der Waals surface area (Å²) in [6, 6.07) is 13.0. The van der Waals surface area contributed by atoms with Crippen LogP contribution in [0.3, 0.4) is 0 Å². The number of rotatable bonds is 6. The highest BCUT2D eigenvalue weighted by atomic mass is 79.9. The van der Waals surface area contributed by atoms with Crippen molar-refractivity contribution in [1.82, 2.24) is 0 Å². The van der Waals surface area contributed by atoms with Gasteiger partial charge in [0, 0.05) is 15.6 Å². The molecular weight excluding hydrogens is 360 g/mol. The quantitative estimate of drug-likeness (QED) is 0.568. The monoisotopic (exact) mass is 374 g/mol. The van der Waals surface area contributed by atoms with Gasteiger partial charge in [0.15, 0.2) is 11.5 Å². The molecule has 0 saturated carbocycles. The third-order valence-electron chi connectivity index (χ3n) is 3.13. The first-order chi connectivity index (χ1) is 11.2. The van der Waals surface area contributed by atoms with E-state index in [0.29, 0.717) is 17.1 Å². The highest BCUT2D eigenvalue weighted by Gasteiger charge is 2.08. The number of hydrogen-bond donors (Lipinski definition) is 0. The Balaban J connectivity index is 2.08. The molecule has 0 aromatic heterocycles. The van der Waals surface area contributed by atoms with Crippen molar-refractivity contribution in [3.05, 3.63) is 57.6 Å². The zero-order valence-electron chi connectivity index (χ0n) is 12.7. The third-order valence-corrected chi connectivity index (χ3v) is 3.81. The molecule has 2 rings (SSSR count). The molecule has 0 saturated heterocycles. The first-order valence-electron chi connectivity index (χ1n) is 6.74. The molecule has 118 valence electrons. The summed E-state index contributed by atoms with van der Waals surface area (Å²) in [5, 5.41) is 13.0. The van der Waals surface area contributed by atoms with Crippen LogP contribution in [0.5, 0.6) is 11.5 Å². The Morgan fingerprint density at radius 2 is 1.87 bits per heavy atom. The molecule has 0 heterocycles. The van der Waals surface area contributed by atoms with Gasteiger partial charge in [-0.1, -0.05) is 23.4 Å². The zero-order chi connectivity index (χ0) is 16.7. The molecule has 0 atom stereocenters. The summed E-state index contributed by atoms with van der Waals surface area (Å²) in [6.07, 6.45) is 1.57. The van der Waals surface area contributed by atoms with Crippen LogP contribution >= 0.6 is 15.9 Å². The highest BCUT2D eigenvalue weighted by molar-refractivity contribution is 9.10. The van der Waals surface area contributed by atoms with Gasteiger partial charge < -0.3 is 14.3 Å². The van der Waals surface area contributed by atoms with Crippen molar-refractivity contribution in [3.8, 4) is 17.6 Å². The summed E-state index contributed by atoms with van der Waals surface area (Å²) in [5.74, 6) is 1.23. The maximum absolute atomic E-state index is 9.02. The topological polar surface area (TPSA) is 63.8 Å². The van der Waals surface area contributed by atoms with Gasteiger partial charge in [0.1, 0.15) is 6.61 Å². The molecule has 23 heavy (non-hydrogen) atoms. The first-order valence-corrected chi connectivity index (χ1v) is 7.53. The normalized spacial score (nSPS) is 10.3. The number of hydrogen-bond acceptors (Lipinski definition) is 5. The van der Waals surface area contributed by atoms with E-state index in [4.69, 9.17) is 19.6 Å². The van der Waals surface area contributed by atoms with Gasteiger partial charge in [-0.15, -0.1) is 0 Å². The second kappa shape index (κ2) is 8.20. The van der Waals surface area contributed by atoms with E-state index in [1.807, 2.05) is 18.2 Å². The molecule has 6 heteroatoms. The Kier molecular flexibility index (Phi) is 6.01. The number of ether oxygens (including phenoxy) is 2. The number of halogens is 1. The molecule has 2 aromatic rings. The van der Waals surface area contributed by atoms with Gasteiger partial charge in [0.25, 0.3) is 0 Å². The van der Waals surface area contributed by atoms with Crippen molar-refractivity contribution in [1.29, 1.82) is 5.26 Å². The van der Waals surface area contributed by atoms with E-state index >= 15 is 0 Å². The fraction of sp³-hybridized carbons (Fsp3) is 0.176. The van der Waals surface area contributed by atoms with Gasteiger partial charge in [0.2, 0.25) is 0 Å². The summed E-state index contributed by atoms with van der Waals surface area (Å²) in [5.41, 5.74) is 2.16. The SMILES string of the molecule is COc1cc(Br)c(/C=N\OCc2ccccc2C#N)cc1OC. The lowest BCUT2D eigenvalue weighted by molar-refractivity contribution is 0.132. The largest absolute Gasteiger partial charge is 0.493 e. The van der Waals surface area contributed by atoms with Crippen molar-refractivity contribution >= 4 is 22.1 Å². The molecular formula is C17H15BrN2O3. The molecule has 0 spiro atoms. The predicted molar refractivity (Wildman–Crippen MR) is 90.8 cm³/mol. The van der Waals surface area contributed by atoms with Crippen LogP contribution in [0.1, 0.15) is 16.7 Å². The van der Waals surface area contributed by atoms with E-state index in [9.17, 15) is 0 Å². The lowest BCUT2D eigenvalue weighted by Crippen LogP contribution is -1.95. The second-order valence-electron chi connectivity index (χ2n) is 4.51. The Morgan fingerprint density at radius 1 is 1.17 bits per heavy atom. The molecule has 0 aliphatic carbocycles. The number of benzene rings is 2. The zero-order valence-corrected chi connectivity index (χ0v) is 14.3. The molecule has 0 unspecified atom stereocenters. The fourth-order valence-electron chi connectivity index (χ4n) is 1.92. The molecule has 0 N–H and O–H groups in total. The van der Waals surface area contributed by atoms with E-state index in [1.54, 1.807) is 38.6 Å². The average molecular weight is 375 g/mol. The van der Waals surface area contributed by atoms with E-state index in [2.05, 4.69) is 27.2 Å². The van der Waals surface area contributed by atoms with Crippen LogP contribution in [0, 0.1) is 11.3 Å². The number of nitrogens with zero attached hydrogens (tertiary/aromatic N) is 2. The maximum Gasteiger partial charge on any atom is 0.161 e. The molecule has 0 amide bonds. The molecule has 0 bridgehead atoms. The minimum Gasteiger partial charge on any atom is -0.493 e. The molecule has 0 aliphatic rings. The third kappa shape index (κ3) is 4.24. The first kappa shape index (κ1) is 16.8. The van der Waals surface area contributed by atoms with Gasteiger partial charge >= 0.3 is 0 Å². The molecule has 0 radical (unpaired) electrons. The molecule has 0 fully saturated rings. The minimum absolute atomic E-state index is 0.227. The Bertz CT molecular complexity index is 754. The summed E-state index contributed by atoms with van der Waals surface area (Å²) in [6.45, 7) is 0.227. The van der Waals surface area contributed by atoms with Gasteiger partial charge in [-0.05, 0) is 34.1 Å². The fourth-order valence-corrected chi connectivity index (χ4v) is 2.35. The van der Waals surface area contributed by atoms with Crippen LogP contribution in [-0.2, 0) is 11.4 Å². The molecule has 5 nitrogen and oxygen atoms in total. The van der Waals surface area contributed by atoms with Crippen molar-refractivity contribution in [2.45, 2.75) is 6.61 Å². The van der Waals surface area contributed by atoms with E-state index < -0.39 is 0 Å². The highest BCUT2D eigenvalue weighted by Crippen LogP contribution is 2.32. The van der Waals surface area contributed by atoms with Crippen LogP contribution in [-0.4, -0.2) is 20.4 Å². The van der Waals surface area contributed by atoms with Gasteiger partial charge in [-0.2, -0.15) is 5.26 Å². The summed E-state index contributed by atoms with van der Waals surface area (Å²) >= 11 is 3.45. The summed E-state index contributed by atoms with van der Waals surface area (Å²) in [7, 11) is 3.15. The number of methoxy groups -OCH3 is 2. The van der Waals surface area contributed by atoms with Crippen LogP contribution in [0.2, 0.25) is 0 Å². The van der Waals surface area contributed by atoms with Crippen LogP contribution < -0.4 is 9.47 Å². The smallest absolute Gasteiger partial charge is 0.161 e.